The lowest BCUT2D eigenvalue weighted by Crippen LogP contribution is -2.17. The smallest absolute Gasteiger partial charge is 0.256 e. The van der Waals surface area contributed by atoms with E-state index in [-0.39, 0.29) is 17.6 Å². The van der Waals surface area contributed by atoms with Crippen LogP contribution in [-0.4, -0.2) is 17.6 Å². The van der Waals surface area contributed by atoms with E-state index in [9.17, 15) is 14.4 Å². The van der Waals surface area contributed by atoms with Crippen molar-refractivity contribution in [2.24, 2.45) is 0 Å². The van der Waals surface area contributed by atoms with E-state index in [4.69, 9.17) is 0 Å². The number of anilines is 2. The lowest BCUT2D eigenvalue weighted by molar-refractivity contribution is -0.114. The molecule has 3 aromatic carbocycles. The van der Waals surface area contributed by atoms with Gasteiger partial charge in [0.2, 0.25) is 5.91 Å². The van der Waals surface area contributed by atoms with Crippen molar-refractivity contribution in [1.29, 1.82) is 0 Å². The summed E-state index contributed by atoms with van der Waals surface area (Å²) in [7, 11) is 0. The molecule has 140 valence electrons. The van der Waals surface area contributed by atoms with Crippen molar-refractivity contribution in [1.82, 2.24) is 0 Å². The van der Waals surface area contributed by atoms with Crippen LogP contribution >= 0.6 is 15.9 Å². The predicted molar refractivity (Wildman–Crippen MR) is 113 cm³/mol. The van der Waals surface area contributed by atoms with Gasteiger partial charge in [-0.25, -0.2) is 0 Å². The minimum Gasteiger partial charge on any atom is -0.326 e. The molecule has 0 aliphatic heterocycles. The third-order valence-corrected chi connectivity index (χ3v) is 4.51. The molecule has 3 aromatic rings. The van der Waals surface area contributed by atoms with Crippen molar-refractivity contribution in [3.05, 3.63) is 94.0 Å². The van der Waals surface area contributed by atoms with Gasteiger partial charge in [-0.15, -0.1) is 0 Å². The first-order valence-electron chi connectivity index (χ1n) is 8.52. The molecule has 0 atom stereocenters. The van der Waals surface area contributed by atoms with E-state index in [0.717, 1.165) is 4.47 Å². The Morgan fingerprint density at radius 1 is 0.714 bits per heavy atom. The Kier molecular flexibility index (Phi) is 6.01. The molecule has 5 nitrogen and oxygen atoms in total. The Hall–Kier alpha value is -3.25. The van der Waals surface area contributed by atoms with Gasteiger partial charge in [-0.1, -0.05) is 34.1 Å². The van der Waals surface area contributed by atoms with Crippen LogP contribution in [0.2, 0.25) is 0 Å². The number of hydrogen-bond acceptors (Lipinski definition) is 3. The van der Waals surface area contributed by atoms with Crippen LogP contribution in [0, 0.1) is 0 Å². The predicted octanol–water partition coefficient (Wildman–Crippen LogP) is 4.89. The number of carbonyl (C=O) groups is 3. The Morgan fingerprint density at radius 2 is 1.25 bits per heavy atom. The zero-order valence-electron chi connectivity index (χ0n) is 15.0. The molecule has 0 aliphatic carbocycles. The van der Waals surface area contributed by atoms with Crippen LogP contribution in [0.15, 0.2) is 77.3 Å². The quantitative estimate of drug-likeness (QED) is 0.558. The first-order valence-corrected chi connectivity index (χ1v) is 9.31. The molecule has 2 amide bonds. The van der Waals surface area contributed by atoms with Gasteiger partial charge in [0, 0.05) is 33.9 Å². The van der Waals surface area contributed by atoms with Crippen molar-refractivity contribution >= 4 is 44.9 Å². The van der Waals surface area contributed by atoms with Crippen molar-refractivity contribution in [3.8, 4) is 0 Å². The van der Waals surface area contributed by atoms with Gasteiger partial charge >= 0.3 is 0 Å². The minimum atomic E-state index is -0.381. The van der Waals surface area contributed by atoms with Crippen LogP contribution in [0.3, 0.4) is 0 Å². The zero-order chi connectivity index (χ0) is 20.1. The lowest BCUT2D eigenvalue weighted by Gasteiger charge is -2.10. The molecule has 0 saturated heterocycles. The van der Waals surface area contributed by atoms with E-state index in [1.807, 2.05) is 0 Å². The molecular formula is C22H17BrN2O3. The molecule has 0 aromatic heterocycles. The number of nitrogens with one attached hydrogen (secondary N) is 2. The number of hydrogen-bond donors (Lipinski definition) is 2. The van der Waals surface area contributed by atoms with Gasteiger partial charge in [0.1, 0.15) is 0 Å². The normalized spacial score (nSPS) is 10.2. The van der Waals surface area contributed by atoms with E-state index >= 15 is 0 Å². The SMILES string of the molecule is CC(=O)Nc1ccc(NC(=O)c2ccccc2C(=O)c2ccc(Br)cc2)cc1. The largest absolute Gasteiger partial charge is 0.326 e. The molecule has 0 radical (unpaired) electrons. The zero-order valence-corrected chi connectivity index (χ0v) is 16.6. The summed E-state index contributed by atoms with van der Waals surface area (Å²) < 4.78 is 0.873. The molecule has 0 aliphatic rings. The summed E-state index contributed by atoms with van der Waals surface area (Å²) in [6, 6.07) is 20.4. The van der Waals surface area contributed by atoms with E-state index in [2.05, 4.69) is 26.6 Å². The summed E-state index contributed by atoms with van der Waals surface area (Å²) >= 11 is 3.35. The maximum Gasteiger partial charge on any atom is 0.256 e. The summed E-state index contributed by atoms with van der Waals surface area (Å²) in [4.78, 5) is 36.7. The van der Waals surface area contributed by atoms with E-state index < -0.39 is 0 Å². The van der Waals surface area contributed by atoms with Crippen LogP contribution in [0.4, 0.5) is 11.4 Å². The Bertz CT molecular complexity index is 1030. The number of ketones is 1. The number of halogens is 1. The second kappa shape index (κ2) is 8.63. The number of amides is 2. The van der Waals surface area contributed by atoms with Gasteiger partial charge in [-0.05, 0) is 54.6 Å². The van der Waals surface area contributed by atoms with Gasteiger partial charge in [-0.2, -0.15) is 0 Å². The second-order valence-electron chi connectivity index (χ2n) is 6.09. The molecule has 28 heavy (non-hydrogen) atoms. The van der Waals surface area contributed by atoms with Crippen LogP contribution in [-0.2, 0) is 4.79 Å². The summed E-state index contributed by atoms with van der Waals surface area (Å²) in [6.45, 7) is 1.43. The summed E-state index contributed by atoms with van der Waals surface area (Å²) in [5.41, 5.74) is 2.32. The first kappa shape index (κ1) is 19.5. The number of carbonyl (C=O) groups excluding carboxylic acids is 3. The average Bonchev–Trinajstić information content (AvgIpc) is 2.69. The molecular weight excluding hydrogens is 420 g/mol. The van der Waals surface area contributed by atoms with Crippen molar-refractivity contribution < 1.29 is 14.4 Å². The van der Waals surface area contributed by atoms with Crippen LogP contribution < -0.4 is 10.6 Å². The maximum atomic E-state index is 12.8. The van der Waals surface area contributed by atoms with E-state index in [1.54, 1.807) is 72.8 Å². The molecule has 0 spiro atoms. The Balaban J connectivity index is 1.82. The molecule has 3 rings (SSSR count). The minimum absolute atomic E-state index is 0.169. The van der Waals surface area contributed by atoms with Gasteiger partial charge < -0.3 is 10.6 Å². The van der Waals surface area contributed by atoms with Gasteiger partial charge in [-0.3, -0.25) is 14.4 Å². The molecule has 6 heteroatoms. The lowest BCUT2D eigenvalue weighted by atomic mass is 9.98. The maximum absolute atomic E-state index is 12.8. The highest BCUT2D eigenvalue weighted by Gasteiger charge is 2.18. The monoisotopic (exact) mass is 436 g/mol. The average molecular weight is 437 g/mol. The molecule has 0 fully saturated rings. The van der Waals surface area contributed by atoms with Crippen molar-refractivity contribution in [3.63, 3.8) is 0 Å². The second-order valence-corrected chi connectivity index (χ2v) is 7.01. The summed E-state index contributed by atoms with van der Waals surface area (Å²) in [6.07, 6.45) is 0. The van der Waals surface area contributed by atoms with Crippen LogP contribution in [0.25, 0.3) is 0 Å². The highest BCUT2D eigenvalue weighted by atomic mass is 79.9. The molecule has 0 unspecified atom stereocenters. The topological polar surface area (TPSA) is 75.3 Å². The van der Waals surface area contributed by atoms with E-state index in [1.165, 1.54) is 6.92 Å². The van der Waals surface area contributed by atoms with Crippen molar-refractivity contribution in [2.45, 2.75) is 6.92 Å². The fourth-order valence-corrected chi connectivity index (χ4v) is 2.94. The Labute approximate surface area is 170 Å². The third-order valence-electron chi connectivity index (χ3n) is 3.99. The molecule has 2 N–H and O–H groups in total. The fourth-order valence-electron chi connectivity index (χ4n) is 2.67. The van der Waals surface area contributed by atoms with Crippen molar-refractivity contribution in [2.75, 3.05) is 10.6 Å². The molecule has 0 bridgehead atoms. The first-order chi connectivity index (χ1) is 13.4. The Morgan fingerprint density at radius 3 is 1.82 bits per heavy atom. The summed E-state index contributed by atoms with van der Waals surface area (Å²) in [5, 5.41) is 5.45. The van der Waals surface area contributed by atoms with E-state index in [0.29, 0.717) is 28.1 Å². The van der Waals surface area contributed by atoms with Gasteiger partial charge in [0.15, 0.2) is 5.78 Å². The highest BCUT2D eigenvalue weighted by molar-refractivity contribution is 9.10. The fraction of sp³-hybridized carbons (Fsp3) is 0.0455. The standard InChI is InChI=1S/C22H17BrN2O3/c1-14(26)24-17-10-12-18(13-11-17)25-22(28)20-5-3-2-4-19(20)21(27)15-6-8-16(23)9-7-15/h2-13H,1H3,(H,24,26)(H,25,28). The summed E-state index contributed by atoms with van der Waals surface area (Å²) in [5.74, 6) is -0.773. The van der Waals surface area contributed by atoms with Gasteiger partial charge in [0.05, 0.1) is 5.56 Å². The third kappa shape index (κ3) is 4.72. The molecule has 0 heterocycles. The number of benzene rings is 3. The van der Waals surface area contributed by atoms with Crippen LogP contribution in [0.1, 0.15) is 33.2 Å². The van der Waals surface area contributed by atoms with Gasteiger partial charge in [0.25, 0.3) is 5.91 Å². The molecule has 0 saturated carbocycles. The highest BCUT2D eigenvalue weighted by Crippen LogP contribution is 2.19. The number of rotatable bonds is 5. The van der Waals surface area contributed by atoms with Crippen LogP contribution in [0.5, 0.6) is 0 Å².